The van der Waals surface area contributed by atoms with E-state index in [9.17, 15) is 13.2 Å². The van der Waals surface area contributed by atoms with Gasteiger partial charge >= 0.3 is 5.51 Å². The number of thioether (sulfide) groups is 1. The van der Waals surface area contributed by atoms with Gasteiger partial charge in [0.1, 0.15) is 5.75 Å². The molecule has 0 saturated carbocycles. The number of hydrogen-bond acceptors (Lipinski definition) is 3. The second kappa shape index (κ2) is 6.16. The lowest BCUT2D eigenvalue weighted by atomic mass is 10.1. The van der Waals surface area contributed by atoms with E-state index in [0.717, 1.165) is 5.56 Å². The van der Waals surface area contributed by atoms with Crippen LogP contribution in [0.1, 0.15) is 11.1 Å². The third-order valence-electron chi connectivity index (χ3n) is 2.06. The third kappa shape index (κ3) is 4.87. The zero-order valence-electron chi connectivity index (χ0n) is 9.25. The molecule has 96 valence electrons. The molecule has 1 rings (SSSR count). The minimum absolute atomic E-state index is 0.0397. The van der Waals surface area contributed by atoms with Gasteiger partial charge in [-0.05, 0) is 24.2 Å². The molecule has 1 aromatic carbocycles. The molecule has 0 aromatic heterocycles. The van der Waals surface area contributed by atoms with E-state index < -0.39 is 5.51 Å². The Balaban J connectivity index is 2.52. The summed E-state index contributed by atoms with van der Waals surface area (Å²) < 4.78 is 40.9. The van der Waals surface area contributed by atoms with Crippen LogP contribution in [0.4, 0.5) is 13.2 Å². The van der Waals surface area contributed by atoms with Crippen molar-refractivity contribution >= 4 is 11.8 Å². The summed E-state index contributed by atoms with van der Waals surface area (Å²) in [6.45, 7) is 1.55. The fraction of sp³-hybridized carbons (Fsp3) is 0.455. The van der Waals surface area contributed by atoms with Gasteiger partial charge < -0.3 is 9.84 Å². The Hall–Kier alpha value is -0.880. The summed E-state index contributed by atoms with van der Waals surface area (Å²) in [5.74, 6) is 0.306. The largest absolute Gasteiger partial charge is 0.492 e. The molecule has 0 heterocycles. The van der Waals surface area contributed by atoms with Gasteiger partial charge in [0, 0.05) is 11.3 Å². The van der Waals surface area contributed by atoms with E-state index in [2.05, 4.69) is 0 Å². The maximum absolute atomic E-state index is 11.9. The van der Waals surface area contributed by atoms with Gasteiger partial charge in [0.2, 0.25) is 0 Å². The van der Waals surface area contributed by atoms with Crippen molar-refractivity contribution in [3.05, 3.63) is 29.3 Å². The number of para-hydroxylation sites is 1. The molecule has 0 atom stereocenters. The lowest BCUT2D eigenvalue weighted by Crippen LogP contribution is -2.09. The third-order valence-corrected chi connectivity index (χ3v) is 2.76. The monoisotopic (exact) mass is 266 g/mol. The van der Waals surface area contributed by atoms with Gasteiger partial charge in [-0.25, -0.2) is 0 Å². The first-order valence-corrected chi connectivity index (χ1v) is 5.95. The van der Waals surface area contributed by atoms with Crippen molar-refractivity contribution in [3.63, 3.8) is 0 Å². The van der Waals surface area contributed by atoms with Crippen molar-refractivity contribution in [2.45, 2.75) is 19.0 Å². The number of hydrogen-bond donors (Lipinski definition) is 1. The fourth-order valence-corrected chi connectivity index (χ4v) is 1.74. The number of ether oxygens (including phenoxy) is 1. The van der Waals surface area contributed by atoms with Gasteiger partial charge in [0.05, 0.1) is 13.2 Å². The molecule has 0 bridgehead atoms. The Bertz CT molecular complexity index is 366. The van der Waals surface area contributed by atoms with Crippen molar-refractivity contribution < 1.29 is 23.0 Å². The molecule has 0 aliphatic heterocycles. The van der Waals surface area contributed by atoms with E-state index in [1.807, 2.05) is 0 Å². The van der Waals surface area contributed by atoms with Gasteiger partial charge in [-0.3, -0.25) is 0 Å². The Morgan fingerprint density at radius 2 is 2.06 bits per heavy atom. The van der Waals surface area contributed by atoms with Crippen LogP contribution in [-0.4, -0.2) is 23.0 Å². The van der Waals surface area contributed by atoms with Gasteiger partial charge in [0.15, 0.2) is 0 Å². The van der Waals surface area contributed by atoms with Crippen molar-refractivity contribution in [2.24, 2.45) is 0 Å². The van der Waals surface area contributed by atoms with E-state index in [1.165, 1.54) is 0 Å². The SMILES string of the molecule is Cc1cccc(CO)c1OCCSC(F)(F)F. The van der Waals surface area contributed by atoms with Crippen LogP contribution in [0.2, 0.25) is 0 Å². The number of benzene rings is 1. The van der Waals surface area contributed by atoms with Gasteiger partial charge in [0.25, 0.3) is 0 Å². The number of rotatable bonds is 5. The van der Waals surface area contributed by atoms with Gasteiger partial charge in [-0.1, -0.05) is 18.2 Å². The van der Waals surface area contributed by atoms with Crippen LogP contribution in [0.25, 0.3) is 0 Å². The average molecular weight is 266 g/mol. The zero-order valence-corrected chi connectivity index (χ0v) is 10.1. The summed E-state index contributed by atoms with van der Waals surface area (Å²) in [6.07, 6.45) is 0. The topological polar surface area (TPSA) is 29.5 Å². The van der Waals surface area contributed by atoms with Crippen LogP contribution in [-0.2, 0) is 6.61 Å². The summed E-state index contributed by atoms with van der Waals surface area (Å²) in [5, 5.41) is 9.06. The molecule has 0 aliphatic rings. The Morgan fingerprint density at radius 3 is 2.65 bits per heavy atom. The molecule has 6 heteroatoms. The minimum atomic E-state index is -4.23. The van der Waals surface area contributed by atoms with Crippen LogP contribution < -0.4 is 4.74 Å². The average Bonchev–Trinajstić information content (AvgIpc) is 2.24. The molecule has 1 aromatic rings. The summed E-state index contributed by atoms with van der Waals surface area (Å²) in [7, 11) is 0. The molecule has 0 aliphatic carbocycles. The highest BCUT2D eigenvalue weighted by Crippen LogP contribution is 2.30. The molecular formula is C11H13F3O2S. The smallest absolute Gasteiger partial charge is 0.441 e. The van der Waals surface area contributed by atoms with Crippen LogP contribution >= 0.6 is 11.8 Å². The molecule has 0 radical (unpaired) electrons. The molecule has 2 nitrogen and oxygen atoms in total. The van der Waals surface area contributed by atoms with Crippen LogP contribution in [0, 0.1) is 6.92 Å². The van der Waals surface area contributed by atoms with E-state index in [-0.39, 0.29) is 30.7 Å². The van der Waals surface area contributed by atoms with Crippen molar-refractivity contribution in [3.8, 4) is 5.75 Å². The Morgan fingerprint density at radius 1 is 1.35 bits per heavy atom. The lowest BCUT2D eigenvalue weighted by molar-refractivity contribution is -0.0329. The summed E-state index contributed by atoms with van der Waals surface area (Å²) in [6, 6.07) is 5.23. The highest BCUT2D eigenvalue weighted by molar-refractivity contribution is 8.00. The molecule has 0 saturated heterocycles. The van der Waals surface area contributed by atoms with Gasteiger partial charge in [-0.2, -0.15) is 13.2 Å². The fourth-order valence-electron chi connectivity index (χ4n) is 1.35. The molecule has 0 spiro atoms. The van der Waals surface area contributed by atoms with Gasteiger partial charge in [-0.15, -0.1) is 0 Å². The molecule has 0 unspecified atom stereocenters. The second-order valence-electron chi connectivity index (χ2n) is 3.36. The number of alkyl halides is 3. The van der Waals surface area contributed by atoms with E-state index in [1.54, 1.807) is 25.1 Å². The van der Waals surface area contributed by atoms with Crippen molar-refractivity contribution in [1.29, 1.82) is 0 Å². The summed E-state index contributed by atoms with van der Waals surface area (Å²) >= 11 is -0.115. The van der Waals surface area contributed by atoms with E-state index in [4.69, 9.17) is 9.84 Å². The van der Waals surface area contributed by atoms with E-state index >= 15 is 0 Å². The lowest BCUT2D eigenvalue weighted by Gasteiger charge is -2.13. The standard InChI is InChI=1S/C11H13F3O2S/c1-8-3-2-4-9(7-15)10(8)16-5-6-17-11(12,13)14/h2-4,15H,5-7H2,1H3. The summed E-state index contributed by atoms with van der Waals surface area (Å²) in [5.41, 5.74) is -2.84. The van der Waals surface area contributed by atoms with Crippen LogP contribution in [0.15, 0.2) is 18.2 Å². The first-order valence-electron chi connectivity index (χ1n) is 4.97. The first kappa shape index (κ1) is 14.2. The van der Waals surface area contributed by atoms with E-state index in [0.29, 0.717) is 11.3 Å². The maximum Gasteiger partial charge on any atom is 0.441 e. The predicted octanol–water partition coefficient (Wildman–Crippen LogP) is 3.12. The summed E-state index contributed by atoms with van der Waals surface area (Å²) in [4.78, 5) is 0. The van der Waals surface area contributed by atoms with Crippen LogP contribution in [0.3, 0.4) is 0 Å². The normalized spacial score (nSPS) is 11.6. The zero-order chi connectivity index (χ0) is 12.9. The highest BCUT2D eigenvalue weighted by Gasteiger charge is 2.27. The van der Waals surface area contributed by atoms with Crippen molar-refractivity contribution in [1.82, 2.24) is 0 Å². The molecule has 17 heavy (non-hydrogen) atoms. The predicted molar refractivity (Wildman–Crippen MR) is 61.1 cm³/mol. The second-order valence-corrected chi connectivity index (χ2v) is 4.52. The maximum atomic E-state index is 11.9. The Labute approximate surface area is 102 Å². The van der Waals surface area contributed by atoms with Crippen molar-refractivity contribution in [2.75, 3.05) is 12.4 Å². The number of aliphatic hydroxyl groups excluding tert-OH is 1. The molecular weight excluding hydrogens is 253 g/mol. The number of aryl methyl sites for hydroxylation is 1. The number of halogens is 3. The molecule has 0 fully saturated rings. The number of aliphatic hydroxyl groups is 1. The molecule has 1 N–H and O–H groups in total. The Kier molecular flexibility index (Phi) is 5.14. The minimum Gasteiger partial charge on any atom is -0.492 e. The van der Waals surface area contributed by atoms with Crippen LogP contribution in [0.5, 0.6) is 5.75 Å². The first-order chi connectivity index (χ1) is 7.94. The molecule has 0 amide bonds. The quantitative estimate of drug-likeness (QED) is 0.830. The highest BCUT2D eigenvalue weighted by atomic mass is 32.2.